The number of halogens is 2. The summed E-state index contributed by atoms with van der Waals surface area (Å²) in [6.45, 7) is 2.03. The van der Waals surface area contributed by atoms with Crippen LogP contribution in [0.1, 0.15) is 25.3 Å². The molecule has 1 aromatic carbocycles. The number of carbonyl (C=O) groups excluding carboxylic acids is 2. The lowest BCUT2D eigenvalue weighted by atomic mass is 10.0. The van der Waals surface area contributed by atoms with Crippen LogP contribution in [-0.4, -0.2) is 28.8 Å². The highest BCUT2D eigenvalue weighted by atomic mass is 79.9. The Kier molecular flexibility index (Phi) is 3.73. The lowest BCUT2D eigenvalue weighted by Gasteiger charge is -2.37. The van der Waals surface area contributed by atoms with Crippen LogP contribution in [0.2, 0.25) is 0 Å². The number of nitrogens with one attached hydrogen (secondary N) is 1. The van der Waals surface area contributed by atoms with Crippen LogP contribution < -0.4 is 5.32 Å². The largest absolute Gasteiger partial charge is 0.342 e. The minimum atomic E-state index is -0.503. The summed E-state index contributed by atoms with van der Waals surface area (Å²) in [7, 11) is 0. The second-order valence-electron chi connectivity index (χ2n) is 5.71. The molecule has 112 valence electrons. The van der Waals surface area contributed by atoms with E-state index in [1.807, 2.05) is 0 Å². The van der Waals surface area contributed by atoms with Gasteiger partial charge in [-0.05, 0) is 59.3 Å². The Balaban J connectivity index is 1.82. The molecule has 0 radical (unpaired) electrons. The average Bonchev–Trinajstić information content (AvgIpc) is 3.27. The van der Waals surface area contributed by atoms with Crippen molar-refractivity contribution < 1.29 is 14.0 Å². The number of nitrogens with zero attached hydrogens (tertiary/aromatic N) is 1. The molecule has 0 bridgehead atoms. The predicted octanol–water partition coefficient (Wildman–Crippen LogP) is 2.21. The third-order valence-electron chi connectivity index (χ3n) is 4.12. The molecule has 1 aliphatic carbocycles. The quantitative estimate of drug-likeness (QED) is 0.904. The smallest absolute Gasteiger partial charge is 0.246 e. The number of amides is 2. The summed E-state index contributed by atoms with van der Waals surface area (Å²) in [4.78, 5) is 26.2. The summed E-state index contributed by atoms with van der Waals surface area (Å²) < 4.78 is 13.6. The van der Waals surface area contributed by atoms with Crippen LogP contribution in [0.15, 0.2) is 22.7 Å². The van der Waals surface area contributed by atoms with Crippen LogP contribution in [-0.2, 0) is 16.1 Å². The lowest BCUT2D eigenvalue weighted by Crippen LogP contribution is -2.62. The molecule has 21 heavy (non-hydrogen) atoms. The van der Waals surface area contributed by atoms with Crippen LogP contribution in [0.4, 0.5) is 4.39 Å². The SMILES string of the molecule is CC1C(=O)NC(C2CC2)C(=O)N1Cc1ccc(F)c(Br)c1. The zero-order valence-corrected chi connectivity index (χ0v) is 13.2. The molecule has 1 saturated carbocycles. The summed E-state index contributed by atoms with van der Waals surface area (Å²) >= 11 is 3.14. The highest BCUT2D eigenvalue weighted by molar-refractivity contribution is 9.10. The van der Waals surface area contributed by atoms with Crippen LogP contribution in [0, 0.1) is 11.7 Å². The molecule has 0 spiro atoms. The molecule has 6 heteroatoms. The van der Waals surface area contributed by atoms with Crippen LogP contribution in [0.5, 0.6) is 0 Å². The Morgan fingerprint density at radius 3 is 2.71 bits per heavy atom. The van der Waals surface area contributed by atoms with Gasteiger partial charge in [-0.15, -0.1) is 0 Å². The predicted molar refractivity (Wildman–Crippen MR) is 78.8 cm³/mol. The maximum atomic E-state index is 13.3. The number of rotatable bonds is 3. The minimum absolute atomic E-state index is 0.0370. The van der Waals surface area contributed by atoms with E-state index < -0.39 is 12.1 Å². The normalized spacial score (nSPS) is 26.0. The molecule has 2 amide bonds. The van der Waals surface area contributed by atoms with E-state index in [0.717, 1.165) is 18.4 Å². The van der Waals surface area contributed by atoms with Crippen molar-refractivity contribution in [3.63, 3.8) is 0 Å². The van der Waals surface area contributed by atoms with Crippen molar-refractivity contribution >= 4 is 27.7 Å². The first-order valence-corrected chi connectivity index (χ1v) is 7.81. The summed E-state index contributed by atoms with van der Waals surface area (Å²) in [5.74, 6) is -0.223. The summed E-state index contributed by atoms with van der Waals surface area (Å²) in [5.41, 5.74) is 0.799. The number of benzene rings is 1. The number of piperazine rings is 1. The molecule has 2 fully saturated rings. The van der Waals surface area contributed by atoms with Gasteiger partial charge in [0.1, 0.15) is 17.9 Å². The molecule has 1 N–H and O–H groups in total. The van der Waals surface area contributed by atoms with Crippen molar-refractivity contribution in [1.82, 2.24) is 10.2 Å². The van der Waals surface area contributed by atoms with Gasteiger partial charge in [0.25, 0.3) is 0 Å². The van der Waals surface area contributed by atoms with Crippen LogP contribution in [0.25, 0.3) is 0 Å². The van der Waals surface area contributed by atoms with E-state index in [0.29, 0.717) is 11.0 Å². The topological polar surface area (TPSA) is 49.4 Å². The third-order valence-corrected chi connectivity index (χ3v) is 4.73. The molecule has 1 heterocycles. The van der Waals surface area contributed by atoms with E-state index in [4.69, 9.17) is 0 Å². The number of hydrogen-bond donors (Lipinski definition) is 1. The second kappa shape index (κ2) is 5.40. The molecule has 0 aromatic heterocycles. The fourth-order valence-electron chi connectivity index (χ4n) is 2.65. The van der Waals surface area contributed by atoms with Crippen molar-refractivity contribution in [3.05, 3.63) is 34.1 Å². The van der Waals surface area contributed by atoms with Crippen molar-refractivity contribution in [3.8, 4) is 0 Å². The zero-order valence-electron chi connectivity index (χ0n) is 11.6. The average molecular weight is 355 g/mol. The Morgan fingerprint density at radius 2 is 2.10 bits per heavy atom. The molecule has 4 nitrogen and oxygen atoms in total. The Bertz CT molecular complexity index is 603. The fraction of sp³-hybridized carbons (Fsp3) is 0.467. The first-order valence-electron chi connectivity index (χ1n) is 7.02. The Hall–Kier alpha value is -1.43. The molecule has 2 unspecified atom stereocenters. The monoisotopic (exact) mass is 354 g/mol. The van der Waals surface area contributed by atoms with E-state index in [-0.39, 0.29) is 23.5 Å². The molecule has 3 rings (SSSR count). The van der Waals surface area contributed by atoms with Gasteiger partial charge in [-0.25, -0.2) is 4.39 Å². The van der Waals surface area contributed by atoms with Gasteiger partial charge in [0, 0.05) is 6.54 Å². The van der Waals surface area contributed by atoms with E-state index in [2.05, 4.69) is 21.2 Å². The van der Waals surface area contributed by atoms with Gasteiger partial charge in [0.2, 0.25) is 11.8 Å². The van der Waals surface area contributed by atoms with E-state index in [9.17, 15) is 14.0 Å². The molecule has 2 aliphatic rings. The zero-order chi connectivity index (χ0) is 15.1. The van der Waals surface area contributed by atoms with Crippen LogP contribution >= 0.6 is 15.9 Å². The first-order chi connectivity index (χ1) is 9.97. The van der Waals surface area contributed by atoms with Gasteiger partial charge < -0.3 is 10.2 Å². The van der Waals surface area contributed by atoms with E-state index >= 15 is 0 Å². The maximum absolute atomic E-state index is 13.3. The van der Waals surface area contributed by atoms with Gasteiger partial charge in [-0.1, -0.05) is 6.07 Å². The van der Waals surface area contributed by atoms with Gasteiger partial charge >= 0.3 is 0 Å². The van der Waals surface area contributed by atoms with E-state index in [1.165, 1.54) is 6.07 Å². The van der Waals surface area contributed by atoms with Crippen molar-refractivity contribution in [2.45, 2.75) is 38.4 Å². The van der Waals surface area contributed by atoms with E-state index in [1.54, 1.807) is 24.0 Å². The van der Waals surface area contributed by atoms with Crippen LogP contribution in [0.3, 0.4) is 0 Å². The third kappa shape index (κ3) is 2.81. The molecule has 1 saturated heterocycles. The molecule has 2 atom stereocenters. The van der Waals surface area contributed by atoms with Gasteiger partial charge in [0.05, 0.1) is 4.47 Å². The number of hydrogen-bond acceptors (Lipinski definition) is 2. The highest BCUT2D eigenvalue weighted by Crippen LogP contribution is 2.35. The maximum Gasteiger partial charge on any atom is 0.246 e. The van der Waals surface area contributed by atoms with Crippen molar-refractivity contribution in [2.75, 3.05) is 0 Å². The molecule has 1 aliphatic heterocycles. The molecular formula is C15H16BrFN2O2. The standard InChI is InChI=1S/C15H16BrFN2O2/c1-8-14(20)18-13(10-3-4-10)15(21)19(8)7-9-2-5-12(17)11(16)6-9/h2,5-6,8,10,13H,3-4,7H2,1H3,(H,18,20). The van der Waals surface area contributed by atoms with Gasteiger partial charge in [0.15, 0.2) is 0 Å². The first kappa shape index (κ1) is 14.5. The van der Waals surface area contributed by atoms with Crippen molar-refractivity contribution in [2.24, 2.45) is 5.92 Å². The van der Waals surface area contributed by atoms with Crippen molar-refractivity contribution in [1.29, 1.82) is 0 Å². The molecule has 1 aromatic rings. The summed E-state index contributed by atoms with van der Waals surface area (Å²) in [5, 5.41) is 2.81. The lowest BCUT2D eigenvalue weighted by molar-refractivity contribution is -0.149. The van der Waals surface area contributed by atoms with Gasteiger partial charge in [-0.2, -0.15) is 0 Å². The Labute approximate surface area is 130 Å². The number of carbonyl (C=O) groups is 2. The van der Waals surface area contributed by atoms with Gasteiger partial charge in [-0.3, -0.25) is 9.59 Å². The Morgan fingerprint density at radius 1 is 1.38 bits per heavy atom. The fourth-order valence-corrected chi connectivity index (χ4v) is 3.07. The highest BCUT2D eigenvalue weighted by Gasteiger charge is 2.45. The second-order valence-corrected chi connectivity index (χ2v) is 6.57. The summed E-state index contributed by atoms with van der Waals surface area (Å²) in [6, 6.07) is 3.75. The molecular weight excluding hydrogens is 339 g/mol. The summed E-state index contributed by atoms with van der Waals surface area (Å²) in [6.07, 6.45) is 1.97. The minimum Gasteiger partial charge on any atom is -0.342 e.